The van der Waals surface area contributed by atoms with Crippen LogP contribution in [-0.4, -0.2) is 29.1 Å². The first kappa shape index (κ1) is 10.5. The lowest BCUT2D eigenvalue weighted by atomic mass is 10.3. The predicted octanol–water partition coefficient (Wildman–Crippen LogP) is 0.139. The summed E-state index contributed by atoms with van der Waals surface area (Å²) in [6, 6.07) is 0. The molecule has 0 aliphatic carbocycles. The van der Waals surface area contributed by atoms with E-state index >= 15 is 0 Å². The van der Waals surface area contributed by atoms with E-state index in [1.807, 2.05) is 0 Å². The van der Waals surface area contributed by atoms with Crippen molar-refractivity contribution < 1.29 is 19.4 Å². The van der Waals surface area contributed by atoms with Gasteiger partial charge in [0.25, 0.3) is 0 Å². The van der Waals surface area contributed by atoms with Gasteiger partial charge in [0.2, 0.25) is 0 Å². The van der Waals surface area contributed by atoms with Crippen molar-refractivity contribution in [2.75, 3.05) is 12.8 Å². The van der Waals surface area contributed by atoms with E-state index in [4.69, 9.17) is 10.8 Å². The highest BCUT2D eigenvalue weighted by atomic mass is 32.1. The number of rotatable bonds is 3. The third kappa shape index (κ3) is 2.19. The van der Waals surface area contributed by atoms with Gasteiger partial charge in [-0.15, -0.1) is 0 Å². The molecule has 0 saturated heterocycles. The highest BCUT2D eigenvalue weighted by Crippen LogP contribution is 2.21. The van der Waals surface area contributed by atoms with Crippen LogP contribution in [0.25, 0.3) is 0 Å². The quantitative estimate of drug-likeness (QED) is 0.696. The molecule has 7 heteroatoms. The number of carbonyl (C=O) groups is 2. The Kier molecular flexibility index (Phi) is 3.03. The van der Waals surface area contributed by atoms with Crippen molar-refractivity contribution in [3.63, 3.8) is 0 Å². The van der Waals surface area contributed by atoms with Crippen molar-refractivity contribution in [3.05, 3.63) is 10.6 Å². The summed E-state index contributed by atoms with van der Waals surface area (Å²) in [5.74, 6) is -1.68. The molecule has 0 fully saturated rings. The van der Waals surface area contributed by atoms with Crippen LogP contribution in [-0.2, 0) is 16.0 Å². The molecule has 1 rings (SSSR count). The first-order valence-corrected chi connectivity index (χ1v) is 4.41. The number of hydrogen-bond donors (Lipinski definition) is 2. The summed E-state index contributed by atoms with van der Waals surface area (Å²) in [5, 5.41) is 8.68. The normalized spacial score (nSPS) is 9.79. The van der Waals surface area contributed by atoms with E-state index in [1.54, 1.807) is 0 Å². The van der Waals surface area contributed by atoms with Crippen molar-refractivity contribution >= 4 is 28.4 Å². The minimum absolute atomic E-state index is 0.145. The maximum atomic E-state index is 11.1. The highest BCUT2D eigenvalue weighted by Gasteiger charge is 2.19. The fraction of sp³-hybridized carbons (Fsp3) is 0.286. The SMILES string of the molecule is COC(=O)c1sc(N)nc1CC(=O)O. The maximum absolute atomic E-state index is 11.1. The summed E-state index contributed by atoms with van der Waals surface area (Å²) in [5.41, 5.74) is 5.50. The standard InChI is InChI=1S/C7H8N2O4S/c1-13-6(12)5-3(2-4(10)11)9-7(8)14-5/h2H2,1H3,(H2,8,9)(H,10,11). The van der Waals surface area contributed by atoms with E-state index in [0.717, 1.165) is 11.3 Å². The Balaban J connectivity index is 3.02. The van der Waals surface area contributed by atoms with Crippen LogP contribution in [0.3, 0.4) is 0 Å². The Bertz CT molecular complexity index is 374. The van der Waals surface area contributed by atoms with Gasteiger partial charge in [-0.1, -0.05) is 11.3 Å². The Morgan fingerprint density at radius 3 is 2.79 bits per heavy atom. The highest BCUT2D eigenvalue weighted by molar-refractivity contribution is 7.17. The maximum Gasteiger partial charge on any atom is 0.350 e. The number of ether oxygens (including phenoxy) is 1. The first-order valence-electron chi connectivity index (χ1n) is 3.60. The average Bonchev–Trinajstić information content (AvgIpc) is 2.44. The van der Waals surface area contributed by atoms with Crippen molar-refractivity contribution in [3.8, 4) is 0 Å². The molecule has 0 aliphatic rings. The number of nitrogen functional groups attached to an aromatic ring is 1. The number of aliphatic carboxylic acids is 1. The van der Waals surface area contributed by atoms with Crippen LogP contribution in [0.15, 0.2) is 0 Å². The second-order valence-electron chi connectivity index (χ2n) is 2.39. The van der Waals surface area contributed by atoms with E-state index < -0.39 is 11.9 Å². The molecule has 0 spiro atoms. The van der Waals surface area contributed by atoms with Gasteiger partial charge in [0, 0.05) is 0 Å². The number of thiazole rings is 1. The van der Waals surface area contributed by atoms with Gasteiger partial charge in [0.15, 0.2) is 5.13 Å². The van der Waals surface area contributed by atoms with Gasteiger partial charge in [-0.3, -0.25) is 4.79 Å². The lowest BCUT2D eigenvalue weighted by Crippen LogP contribution is -2.07. The summed E-state index contributed by atoms with van der Waals surface area (Å²) in [6.45, 7) is 0. The van der Waals surface area contributed by atoms with Gasteiger partial charge in [-0.25, -0.2) is 9.78 Å². The van der Waals surface area contributed by atoms with Crippen molar-refractivity contribution in [2.45, 2.75) is 6.42 Å². The van der Waals surface area contributed by atoms with Gasteiger partial charge < -0.3 is 15.6 Å². The summed E-state index contributed by atoms with van der Waals surface area (Å²) >= 11 is 0.918. The van der Waals surface area contributed by atoms with Crippen LogP contribution < -0.4 is 5.73 Å². The van der Waals surface area contributed by atoms with Crippen molar-refractivity contribution in [2.24, 2.45) is 0 Å². The minimum atomic E-state index is -1.07. The van der Waals surface area contributed by atoms with E-state index in [0.29, 0.717) is 0 Å². The molecule has 3 N–H and O–H groups in total. The van der Waals surface area contributed by atoms with E-state index in [-0.39, 0.29) is 22.1 Å². The largest absolute Gasteiger partial charge is 0.481 e. The topological polar surface area (TPSA) is 103 Å². The summed E-state index contributed by atoms with van der Waals surface area (Å²) in [6.07, 6.45) is -0.335. The zero-order chi connectivity index (χ0) is 10.7. The van der Waals surface area contributed by atoms with Crippen LogP contribution in [0, 0.1) is 0 Å². The molecular weight excluding hydrogens is 208 g/mol. The molecule has 6 nitrogen and oxygen atoms in total. The Morgan fingerprint density at radius 1 is 1.64 bits per heavy atom. The van der Waals surface area contributed by atoms with E-state index in [9.17, 15) is 9.59 Å². The number of carbonyl (C=O) groups excluding carboxylic acids is 1. The number of hydrogen-bond acceptors (Lipinski definition) is 6. The third-order valence-corrected chi connectivity index (χ3v) is 2.31. The number of aromatic nitrogens is 1. The molecule has 76 valence electrons. The van der Waals surface area contributed by atoms with Crippen molar-refractivity contribution in [1.29, 1.82) is 0 Å². The fourth-order valence-corrected chi connectivity index (χ4v) is 1.65. The molecule has 1 aromatic rings. The fourth-order valence-electron chi connectivity index (χ4n) is 0.885. The predicted molar refractivity (Wildman–Crippen MR) is 49.2 cm³/mol. The van der Waals surface area contributed by atoms with Gasteiger partial charge in [-0.2, -0.15) is 0 Å². The molecule has 0 aliphatic heterocycles. The van der Waals surface area contributed by atoms with Crippen LogP contribution in [0.1, 0.15) is 15.4 Å². The van der Waals surface area contributed by atoms with Crippen LogP contribution in [0.5, 0.6) is 0 Å². The number of nitrogens with two attached hydrogens (primary N) is 1. The van der Waals surface area contributed by atoms with Gasteiger partial charge in [0.1, 0.15) is 4.88 Å². The Labute approximate surface area is 83.3 Å². The molecular formula is C7H8N2O4S. The number of anilines is 1. The number of methoxy groups -OCH3 is 1. The number of carboxylic acid groups (broad SMARTS) is 1. The molecule has 0 radical (unpaired) electrons. The Hall–Kier alpha value is -1.63. The van der Waals surface area contributed by atoms with Crippen LogP contribution in [0.4, 0.5) is 5.13 Å². The van der Waals surface area contributed by atoms with E-state index in [2.05, 4.69) is 9.72 Å². The zero-order valence-corrected chi connectivity index (χ0v) is 8.13. The monoisotopic (exact) mass is 216 g/mol. The lowest BCUT2D eigenvalue weighted by Gasteiger charge is -1.96. The molecule has 14 heavy (non-hydrogen) atoms. The van der Waals surface area contributed by atoms with Gasteiger partial charge >= 0.3 is 11.9 Å². The third-order valence-electron chi connectivity index (χ3n) is 1.40. The number of esters is 1. The van der Waals surface area contributed by atoms with Gasteiger partial charge in [-0.05, 0) is 0 Å². The van der Waals surface area contributed by atoms with E-state index in [1.165, 1.54) is 7.11 Å². The molecule has 0 unspecified atom stereocenters. The molecule has 0 bridgehead atoms. The molecule has 0 saturated carbocycles. The number of carboxylic acids is 1. The minimum Gasteiger partial charge on any atom is -0.481 e. The zero-order valence-electron chi connectivity index (χ0n) is 7.31. The lowest BCUT2D eigenvalue weighted by molar-refractivity contribution is -0.136. The second kappa shape index (κ2) is 4.05. The summed E-state index contributed by atoms with van der Waals surface area (Å²) in [7, 11) is 1.21. The molecule has 0 amide bonds. The molecule has 0 aromatic carbocycles. The second-order valence-corrected chi connectivity index (χ2v) is 3.42. The summed E-state index contributed by atoms with van der Waals surface area (Å²) < 4.78 is 4.45. The van der Waals surface area contributed by atoms with Crippen LogP contribution >= 0.6 is 11.3 Å². The smallest absolute Gasteiger partial charge is 0.350 e. The van der Waals surface area contributed by atoms with Gasteiger partial charge in [0.05, 0.1) is 19.2 Å². The summed E-state index contributed by atoms with van der Waals surface area (Å²) in [4.78, 5) is 25.4. The van der Waals surface area contributed by atoms with Crippen molar-refractivity contribution in [1.82, 2.24) is 4.98 Å². The molecule has 1 aromatic heterocycles. The molecule has 1 heterocycles. The Morgan fingerprint density at radius 2 is 2.29 bits per heavy atom. The first-order chi connectivity index (χ1) is 6.54. The molecule has 0 atom stereocenters. The number of nitrogens with zero attached hydrogens (tertiary/aromatic N) is 1. The average molecular weight is 216 g/mol. The van der Waals surface area contributed by atoms with Crippen LogP contribution in [0.2, 0.25) is 0 Å².